The third kappa shape index (κ3) is 8.05. The zero-order chi connectivity index (χ0) is 31.8. The molecule has 3 aromatic carbocycles. The number of nitrogens with one attached hydrogen (secondary N) is 1. The Labute approximate surface area is 266 Å². The number of allylic oxidation sites excluding steroid dienone is 4. The summed E-state index contributed by atoms with van der Waals surface area (Å²) in [4.78, 5) is 30.4. The number of ketones is 1. The van der Waals surface area contributed by atoms with E-state index in [0.717, 1.165) is 90.6 Å². The fourth-order valence-electron chi connectivity index (χ4n) is 5.73. The highest BCUT2D eigenvalue weighted by atomic mass is 16.5. The van der Waals surface area contributed by atoms with E-state index in [-0.39, 0.29) is 5.78 Å². The number of aliphatic imine (C=N–C) groups is 1. The number of aromatic nitrogens is 2. The summed E-state index contributed by atoms with van der Waals surface area (Å²) < 4.78 is 5.59. The molecule has 4 aromatic rings. The molecule has 1 saturated heterocycles. The van der Waals surface area contributed by atoms with Gasteiger partial charge < -0.3 is 14.6 Å². The van der Waals surface area contributed by atoms with Crippen molar-refractivity contribution in [3.05, 3.63) is 119 Å². The maximum Gasteiger partial charge on any atom is 0.188 e. The Bertz CT molecular complexity index is 1720. The summed E-state index contributed by atoms with van der Waals surface area (Å²) in [6, 6.07) is 20.3. The monoisotopic (exact) mass is 601 g/mol. The zero-order valence-electron chi connectivity index (χ0n) is 26.7. The minimum atomic E-state index is -0.0552. The molecule has 7 nitrogen and oxygen atoms in total. The quantitative estimate of drug-likeness (QED) is 0.101. The normalized spacial score (nSPS) is 14.1. The number of fused-ring (bicyclic) bond motifs is 1. The van der Waals surface area contributed by atoms with Crippen LogP contribution in [0.5, 0.6) is 5.75 Å². The van der Waals surface area contributed by atoms with Crippen LogP contribution in [0.25, 0.3) is 22.4 Å². The Morgan fingerprint density at radius 3 is 2.49 bits per heavy atom. The largest absolute Gasteiger partial charge is 0.496 e. The molecule has 0 unspecified atom stereocenters. The molecule has 45 heavy (non-hydrogen) atoms. The van der Waals surface area contributed by atoms with Gasteiger partial charge in [0.1, 0.15) is 11.6 Å². The van der Waals surface area contributed by atoms with Crippen LogP contribution in [0.4, 0.5) is 0 Å². The molecule has 1 aromatic heterocycles. The Kier molecular flexibility index (Phi) is 10.4. The summed E-state index contributed by atoms with van der Waals surface area (Å²) in [5.74, 6) is 1.55. The second-order valence-electron chi connectivity index (χ2n) is 11.6. The lowest BCUT2D eigenvalue weighted by Crippen LogP contribution is -2.44. The Hall–Kier alpha value is -4.75. The first kappa shape index (κ1) is 31.7. The SMILES string of the molecule is C=C(Cc1ccc(CN2CCN(C(=C)C)CC2)cc1)C(=O)c1ccc2nc(-c3ccc(OC)c(CC/C=C\C=NC)c3)[nH]c2c1. The molecule has 1 aliphatic rings. The molecule has 0 bridgehead atoms. The number of carbonyl (C=O) groups is 1. The van der Waals surface area contributed by atoms with E-state index in [0.29, 0.717) is 17.6 Å². The molecule has 2 heterocycles. The minimum Gasteiger partial charge on any atom is -0.496 e. The standard InChI is InChI=1S/C38H43N5O2/c1-27(2)43-21-19-42(20-22-43)26-30-12-10-29(11-13-30)23-28(3)37(44)32-14-16-34-35(25-32)41-38(40-34)33-15-17-36(45-5)31(24-33)9-7-6-8-18-39-4/h6,8,10-18,24-25H,1,3,7,9,19-23,26H2,2,4-5H3,(H,40,41)/b8-6-,39-18?. The molecule has 0 aliphatic carbocycles. The minimum absolute atomic E-state index is 0.0552. The molecule has 0 saturated carbocycles. The Morgan fingerprint density at radius 2 is 1.78 bits per heavy atom. The van der Waals surface area contributed by atoms with Crippen LogP contribution in [-0.2, 0) is 19.4 Å². The number of ether oxygens (including phenoxy) is 1. The number of aromatic amines is 1. The number of rotatable bonds is 13. The smallest absolute Gasteiger partial charge is 0.188 e. The van der Waals surface area contributed by atoms with Crippen LogP contribution in [0, 0.1) is 0 Å². The zero-order valence-corrected chi connectivity index (χ0v) is 26.7. The summed E-state index contributed by atoms with van der Waals surface area (Å²) in [5.41, 5.74) is 8.37. The molecule has 7 heteroatoms. The van der Waals surface area contributed by atoms with Crippen molar-refractivity contribution in [2.75, 3.05) is 40.3 Å². The van der Waals surface area contributed by atoms with Crippen molar-refractivity contribution in [1.82, 2.24) is 19.8 Å². The van der Waals surface area contributed by atoms with Crippen LogP contribution < -0.4 is 4.74 Å². The first-order chi connectivity index (χ1) is 21.8. The van der Waals surface area contributed by atoms with Crippen molar-refractivity contribution >= 4 is 23.0 Å². The van der Waals surface area contributed by atoms with Gasteiger partial charge in [-0.15, -0.1) is 0 Å². The van der Waals surface area contributed by atoms with Crippen molar-refractivity contribution in [3.8, 4) is 17.1 Å². The summed E-state index contributed by atoms with van der Waals surface area (Å²) in [7, 11) is 3.45. The second-order valence-corrected chi connectivity index (χ2v) is 11.6. The third-order valence-corrected chi connectivity index (χ3v) is 8.33. The lowest BCUT2D eigenvalue weighted by molar-refractivity contribution is 0.103. The molecule has 0 spiro atoms. The molecule has 0 atom stereocenters. The van der Waals surface area contributed by atoms with E-state index < -0.39 is 0 Å². The maximum absolute atomic E-state index is 13.4. The summed E-state index contributed by atoms with van der Waals surface area (Å²) in [6.07, 6.45) is 8.05. The third-order valence-electron chi connectivity index (χ3n) is 8.33. The summed E-state index contributed by atoms with van der Waals surface area (Å²) >= 11 is 0. The number of methoxy groups -OCH3 is 1. The number of piperazine rings is 1. The summed E-state index contributed by atoms with van der Waals surface area (Å²) in [6.45, 7) is 15.3. The van der Waals surface area contributed by atoms with Crippen molar-refractivity contribution in [1.29, 1.82) is 0 Å². The Morgan fingerprint density at radius 1 is 1.02 bits per heavy atom. The highest BCUT2D eigenvalue weighted by Gasteiger charge is 2.17. The van der Waals surface area contributed by atoms with E-state index in [2.05, 4.69) is 76.3 Å². The van der Waals surface area contributed by atoms with Crippen molar-refractivity contribution in [2.45, 2.75) is 32.7 Å². The Balaban J connectivity index is 1.22. The summed E-state index contributed by atoms with van der Waals surface area (Å²) in [5, 5.41) is 0. The van der Waals surface area contributed by atoms with Crippen molar-refractivity contribution in [2.24, 2.45) is 4.99 Å². The topological polar surface area (TPSA) is 73.8 Å². The maximum atomic E-state index is 13.4. The van der Waals surface area contributed by atoms with Crippen LogP contribution in [0.15, 0.2) is 102 Å². The molecule has 1 N–H and O–H groups in total. The van der Waals surface area contributed by atoms with E-state index >= 15 is 0 Å². The molecule has 0 radical (unpaired) electrons. The fraction of sp³-hybridized carbons (Fsp3) is 0.289. The molecule has 0 amide bonds. The molecule has 1 aliphatic heterocycles. The van der Waals surface area contributed by atoms with Gasteiger partial charge in [0.2, 0.25) is 0 Å². The van der Waals surface area contributed by atoms with Gasteiger partial charge in [-0.25, -0.2) is 4.98 Å². The van der Waals surface area contributed by atoms with Gasteiger partial charge in [-0.2, -0.15) is 0 Å². The van der Waals surface area contributed by atoms with Gasteiger partial charge in [-0.05, 0) is 84.5 Å². The number of benzene rings is 3. The predicted molar refractivity (Wildman–Crippen MR) is 185 cm³/mol. The van der Waals surface area contributed by atoms with Crippen LogP contribution in [-0.4, -0.2) is 72.1 Å². The highest BCUT2D eigenvalue weighted by molar-refractivity contribution is 6.10. The van der Waals surface area contributed by atoms with Crippen LogP contribution >= 0.6 is 0 Å². The molecule has 232 valence electrons. The van der Waals surface area contributed by atoms with E-state index in [1.807, 2.05) is 36.4 Å². The average molecular weight is 602 g/mol. The molecular weight excluding hydrogens is 558 g/mol. The van der Waals surface area contributed by atoms with E-state index in [9.17, 15) is 4.79 Å². The van der Waals surface area contributed by atoms with E-state index in [4.69, 9.17) is 9.72 Å². The van der Waals surface area contributed by atoms with Gasteiger partial charge in [0, 0.05) is 69.2 Å². The number of hydrogen-bond donors (Lipinski definition) is 1. The van der Waals surface area contributed by atoms with E-state index in [1.165, 1.54) is 5.56 Å². The fourth-order valence-corrected chi connectivity index (χ4v) is 5.73. The van der Waals surface area contributed by atoms with Gasteiger partial charge >= 0.3 is 0 Å². The molecule has 1 fully saturated rings. The van der Waals surface area contributed by atoms with Gasteiger partial charge in [-0.3, -0.25) is 14.7 Å². The van der Waals surface area contributed by atoms with Gasteiger partial charge in [-0.1, -0.05) is 43.5 Å². The van der Waals surface area contributed by atoms with Crippen molar-refractivity contribution in [3.63, 3.8) is 0 Å². The van der Waals surface area contributed by atoms with Crippen LogP contribution in [0.3, 0.4) is 0 Å². The number of hydrogen-bond acceptors (Lipinski definition) is 6. The number of nitrogens with zero attached hydrogens (tertiary/aromatic N) is 4. The number of H-pyrrole nitrogens is 1. The number of aryl methyl sites for hydroxylation is 1. The number of carbonyl (C=O) groups excluding carboxylic acids is 1. The second kappa shape index (κ2) is 14.8. The van der Waals surface area contributed by atoms with Crippen LogP contribution in [0.2, 0.25) is 0 Å². The first-order valence-corrected chi connectivity index (χ1v) is 15.5. The number of imidazole rings is 1. The highest BCUT2D eigenvalue weighted by Crippen LogP contribution is 2.28. The van der Waals surface area contributed by atoms with Crippen LogP contribution in [0.1, 0.15) is 40.4 Å². The van der Waals surface area contributed by atoms with Gasteiger partial charge in [0.05, 0.1) is 18.1 Å². The molecular formula is C38H43N5O2. The average Bonchev–Trinajstić information content (AvgIpc) is 3.49. The van der Waals surface area contributed by atoms with Crippen molar-refractivity contribution < 1.29 is 9.53 Å². The lowest BCUT2D eigenvalue weighted by atomic mass is 9.97. The first-order valence-electron chi connectivity index (χ1n) is 15.5. The van der Waals surface area contributed by atoms with Gasteiger partial charge in [0.15, 0.2) is 5.78 Å². The van der Waals surface area contributed by atoms with Gasteiger partial charge in [0.25, 0.3) is 0 Å². The van der Waals surface area contributed by atoms with E-state index in [1.54, 1.807) is 20.4 Å². The number of Topliss-reactive ketones (excluding diaryl/α,β-unsaturated/α-hetero) is 1. The molecule has 5 rings (SSSR count). The predicted octanol–water partition coefficient (Wildman–Crippen LogP) is 7.06. The lowest BCUT2D eigenvalue weighted by Gasteiger charge is -2.36.